The van der Waals surface area contributed by atoms with E-state index in [1.54, 1.807) is 0 Å². The average molecular weight is 360 g/mol. The van der Waals surface area contributed by atoms with Gasteiger partial charge in [0.15, 0.2) is 5.78 Å². The molecule has 0 aliphatic rings. The zero-order chi connectivity index (χ0) is 15.9. The van der Waals surface area contributed by atoms with Gasteiger partial charge in [0.05, 0.1) is 0 Å². The van der Waals surface area contributed by atoms with E-state index in [2.05, 4.69) is 59.4 Å². The van der Waals surface area contributed by atoms with Crippen LogP contribution in [0.4, 0.5) is 5.69 Å². The van der Waals surface area contributed by atoms with Gasteiger partial charge in [-0.1, -0.05) is 54.0 Å². The summed E-state index contributed by atoms with van der Waals surface area (Å²) in [6, 6.07) is 16.0. The molecule has 2 nitrogen and oxygen atoms in total. The molecule has 0 saturated carbocycles. The topological polar surface area (TPSA) is 29.1 Å². The van der Waals surface area contributed by atoms with Crippen LogP contribution in [-0.4, -0.2) is 12.3 Å². The summed E-state index contributed by atoms with van der Waals surface area (Å²) in [6.07, 6.45) is 1.64. The number of ketones is 1. The third kappa shape index (κ3) is 4.70. The van der Waals surface area contributed by atoms with Gasteiger partial charge in [-0.25, -0.2) is 0 Å². The highest BCUT2D eigenvalue weighted by atomic mass is 79.9. The zero-order valence-electron chi connectivity index (χ0n) is 13.1. The molecule has 0 aliphatic carbocycles. The third-order valence-corrected chi connectivity index (χ3v) is 4.47. The Labute approximate surface area is 141 Å². The first-order chi connectivity index (χ1) is 10.6. The van der Waals surface area contributed by atoms with Crippen molar-refractivity contribution in [3.8, 4) is 0 Å². The number of Topliss-reactive ketones (excluding diaryl/α,β-unsaturated/α-hetero) is 1. The number of benzene rings is 2. The van der Waals surface area contributed by atoms with Crippen molar-refractivity contribution in [2.24, 2.45) is 0 Å². The van der Waals surface area contributed by atoms with Crippen LogP contribution >= 0.6 is 15.9 Å². The fourth-order valence-electron chi connectivity index (χ4n) is 2.27. The lowest BCUT2D eigenvalue weighted by atomic mass is 9.98. The summed E-state index contributed by atoms with van der Waals surface area (Å²) in [7, 11) is 0. The molecular weight excluding hydrogens is 338 g/mol. The number of rotatable bonds is 7. The Morgan fingerprint density at radius 3 is 2.32 bits per heavy atom. The van der Waals surface area contributed by atoms with Gasteiger partial charge >= 0.3 is 0 Å². The van der Waals surface area contributed by atoms with Crippen molar-refractivity contribution >= 4 is 27.4 Å². The minimum Gasteiger partial charge on any atom is -0.385 e. The Hall–Kier alpha value is -1.61. The van der Waals surface area contributed by atoms with E-state index in [1.807, 2.05) is 24.3 Å². The van der Waals surface area contributed by atoms with Crippen molar-refractivity contribution in [3.63, 3.8) is 0 Å². The number of nitrogens with one attached hydrogen (secondary N) is 1. The molecule has 2 aromatic rings. The Morgan fingerprint density at radius 1 is 1.09 bits per heavy atom. The molecule has 2 rings (SSSR count). The highest BCUT2D eigenvalue weighted by Crippen LogP contribution is 2.20. The van der Waals surface area contributed by atoms with Gasteiger partial charge in [-0.2, -0.15) is 0 Å². The average Bonchev–Trinajstić information content (AvgIpc) is 2.55. The fraction of sp³-hybridized carbons (Fsp3) is 0.316. The van der Waals surface area contributed by atoms with E-state index >= 15 is 0 Å². The van der Waals surface area contributed by atoms with Crippen LogP contribution in [0.25, 0.3) is 0 Å². The number of anilines is 1. The number of carbonyl (C=O) groups is 1. The van der Waals surface area contributed by atoms with E-state index in [-0.39, 0.29) is 5.78 Å². The molecule has 0 radical (unpaired) electrons. The molecule has 1 N–H and O–H groups in total. The lowest BCUT2D eigenvalue weighted by Crippen LogP contribution is -2.08. The minimum atomic E-state index is 0.163. The van der Waals surface area contributed by atoms with Crippen LogP contribution in [0, 0.1) is 0 Å². The maximum absolute atomic E-state index is 12.1. The van der Waals surface area contributed by atoms with Crippen LogP contribution in [0.15, 0.2) is 53.0 Å². The maximum atomic E-state index is 12.1. The quantitative estimate of drug-likeness (QED) is 0.647. The molecule has 3 heteroatoms. The van der Waals surface area contributed by atoms with Crippen molar-refractivity contribution in [2.45, 2.75) is 32.6 Å². The third-order valence-electron chi connectivity index (χ3n) is 3.94. The summed E-state index contributed by atoms with van der Waals surface area (Å²) in [5, 5.41) is 3.31. The Bertz CT molecular complexity index is 604. The molecular formula is C19H22BrNO. The van der Waals surface area contributed by atoms with Gasteiger partial charge in [0.2, 0.25) is 0 Å². The highest BCUT2D eigenvalue weighted by Gasteiger charge is 2.06. The summed E-state index contributed by atoms with van der Waals surface area (Å²) in [6.45, 7) is 5.08. The van der Waals surface area contributed by atoms with E-state index in [1.165, 1.54) is 5.56 Å². The number of hydrogen-bond donors (Lipinski definition) is 1. The molecule has 1 atom stereocenters. The minimum absolute atomic E-state index is 0.163. The van der Waals surface area contributed by atoms with Crippen molar-refractivity contribution in [3.05, 3.63) is 64.1 Å². The van der Waals surface area contributed by atoms with Crippen molar-refractivity contribution in [1.29, 1.82) is 0 Å². The normalized spacial score (nSPS) is 12.0. The molecule has 0 aromatic heterocycles. The molecule has 0 fully saturated rings. The summed E-state index contributed by atoms with van der Waals surface area (Å²) in [5.74, 6) is 0.754. The smallest absolute Gasteiger partial charge is 0.164 e. The summed E-state index contributed by atoms with van der Waals surface area (Å²) < 4.78 is 0.989. The molecule has 0 saturated heterocycles. The van der Waals surface area contributed by atoms with E-state index in [4.69, 9.17) is 0 Å². The van der Waals surface area contributed by atoms with Crippen LogP contribution in [0.1, 0.15) is 48.5 Å². The molecule has 0 heterocycles. The van der Waals surface area contributed by atoms with Crippen LogP contribution in [0.5, 0.6) is 0 Å². The van der Waals surface area contributed by atoms with Crippen LogP contribution in [0.2, 0.25) is 0 Å². The molecule has 0 aliphatic heterocycles. The first-order valence-electron chi connectivity index (χ1n) is 7.72. The van der Waals surface area contributed by atoms with E-state index in [0.29, 0.717) is 18.9 Å². The van der Waals surface area contributed by atoms with Crippen molar-refractivity contribution in [1.82, 2.24) is 0 Å². The molecule has 22 heavy (non-hydrogen) atoms. The van der Waals surface area contributed by atoms with Gasteiger partial charge in [-0.15, -0.1) is 0 Å². The largest absolute Gasteiger partial charge is 0.385 e. The first kappa shape index (κ1) is 16.8. The van der Waals surface area contributed by atoms with E-state index in [9.17, 15) is 4.79 Å². The molecule has 116 valence electrons. The second-order valence-electron chi connectivity index (χ2n) is 5.54. The molecule has 0 spiro atoms. The Balaban J connectivity index is 1.83. The van der Waals surface area contributed by atoms with Gasteiger partial charge in [-0.05, 0) is 42.2 Å². The van der Waals surface area contributed by atoms with Crippen LogP contribution in [-0.2, 0) is 0 Å². The van der Waals surface area contributed by atoms with Gasteiger partial charge < -0.3 is 5.32 Å². The van der Waals surface area contributed by atoms with Crippen LogP contribution < -0.4 is 5.32 Å². The standard InChI is InChI=1S/C19H22BrNO/c1-3-14(2)15-6-10-18(11-7-15)21-13-12-19(22)16-4-8-17(20)9-5-16/h4-11,14,21H,3,12-13H2,1-2H3. The number of carbonyl (C=O) groups excluding carboxylic acids is 1. The predicted octanol–water partition coefficient (Wildman–Crippen LogP) is 5.65. The number of halogens is 1. The maximum Gasteiger partial charge on any atom is 0.164 e. The van der Waals surface area contributed by atoms with Gasteiger partial charge in [0, 0.05) is 28.7 Å². The Kier molecular flexibility index (Phi) is 6.20. The van der Waals surface area contributed by atoms with E-state index in [0.717, 1.165) is 22.1 Å². The monoisotopic (exact) mass is 359 g/mol. The Morgan fingerprint density at radius 2 is 1.73 bits per heavy atom. The van der Waals surface area contributed by atoms with Gasteiger partial charge in [0.1, 0.15) is 0 Å². The summed E-state index contributed by atoms with van der Waals surface area (Å²) in [4.78, 5) is 12.1. The fourth-order valence-corrected chi connectivity index (χ4v) is 2.53. The van der Waals surface area contributed by atoms with Crippen molar-refractivity contribution < 1.29 is 4.79 Å². The molecule has 0 amide bonds. The van der Waals surface area contributed by atoms with Crippen LogP contribution in [0.3, 0.4) is 0 Å². The van der Waals surface area contributed by atoms with E-state index < -0.39 is 0 Å². The van der Waals surface area contributed by atoms with Gasteiger partial charge in [-0.3, -0.25) is 4.79 Å². The highest BCUT2D eigenvalue weighted by molar-refractivity contribution is 9.10. The number of hydrogen-bond acceptors (Lipinski definition) is 2. The summed E-state index contributed by atoms with van der Waals surface area (Å²) in [5.41, 5.74) is 3.19. The first-order valence-corrected chi connectivity index (χ1v) is 8.52. The molecule has 0 bridgehead atoms. The summed E-state index contributed by atoms with van der Waals surface area (Å²) >= 11 is 3.38. The molecule has 1 unspecified atom stereocenters. The second kappa shape index (κ2) is 8.14. The second-order valence-corrected chi connectivity index (χ2v) is 6.45. The van der Waals surface area contributed by atoms with Crippen molar-refractivity contribution in [2.75, 3.05) is 11.9 Å². The zero-order valence-corrected chi connectivity index (χ0v) is 14.7. The predicted molar refractivity (Wildman–Crippen MR) is 96.7 cm³/mol. The lowest BCUT2D eigenvalue weighted by Gasteiger charge is -2.11. The lowest BCUT2D eigenvalue weighted by molar-refractivity contribution is 0.0986. The SMILES string of the molecule is CCC(C)c1ccc(NCCC(=O)c2ccc(Br)cc2)cc1. The molecule has 2 aromatic carbocycles. The van der Waals surface area contributed by atoms with Gasteiger partial charge in [0.25, 0.3) is 0 Å².